The zero-order valence-electron chi connectivity index (χ0n) is 9.64. The summed E-state index contributed by atoms with van der Waals surface area (Å²) in [5.41, 5.74) is -0.514. The van der Waals surface area contributed by atoms with Crippen molar-refractivity contribution in [3.05, 3.63) is 34.2 Å². The van der Waals surface area contributed by atoms with Crippen molar-refractivity contribution in [2.75, 3.05) is 0 Å². The average molecular weight is 238 g/mol. The summed E-state index contributed by atoms with van der Waals surface area (Å²) in [6.45, 7) is 1.64. The summed E-state index contributed by atoms with van der Waals surface area (Å²) in [5, 5.41) is 11.1. The zero-order chi connectivity index (χ0) is 13.0. The smallest absolute Gasteiger partial charge is 0.326 e. The van der Waals surface area contributed by atoms with Crippen LogP contribution in [0, 0.1) is 0 Å². The molecule has 0 spiro atoms. The van der Waals surface area contributed by atoms with Gasteiger partial charge in [-0.1, -0.05) is 6.92 Å². The number of rotatable bonds is 4. The van der Waals surface area contributed by atoms with Gasteiger partial charge >= 0.3 is 5.97 Å². The van der Waals surface area contributed by atoms with Gasteiger partial charge in [-0.05, 0) is 18.6 Å². The maximum atomic E-state index is 11.7. The van der Waals surface area contributed by atoms with Gasteiger partial charge in [0.05, 0.1) is 0 Å². The lowest BCUT2D eigenvalue weighted by Crippen LogP contribution is -2.42. The molecule has 0 aromatic carbocycles. The highest BCUT2D eigenvalue weighted by molar-refractivity contribution is 5.96. The zero-order valence-corrected chi connectivity index (χ0v) is 9.64. The summed E-state index contributed by atoms with van der Waals surface area (Å²) in [4.78, 5) is 34.1. The second kappa shape index (κ2) is 5.29. The molecule has 6 nitrogen and oxygen atoms in total. The minimum absolute atomic E-state index is 0.0605. The van der Waals surface area contributed by atoms with E-state index in [1.54, 1.807) is 13.0 Å². The van der Waals surface area contributed by atoms with Gasteiger partial charge in [0.25, 0.3) is 11.5 Å². The van der Waals surface area contributed by atoms with Crippen LogP contribution in [0.2, 0.25) is 0 Å². The molecule has 6 heteroatoms. The second-order valence-corrected chi connectivity index (χ2v) is 3.61. The van der Waals surface area contributed by atoms with Crippen LogP contribution in [0.4, 0.5) is 0 Å². The quantitative estimate of drug-likeness (QED) is 0.771. The highest BCUT2D eigenvalue weighted by Gasteiger charge is 2.20. The molecule has 0 saturated heterocycles. The van der Waals surface area contributed by atoms with Gasteiger partial charge in [0.2, 0.25) is 0 Å². The number of aryl methyl sites for hydroxylation is 1. The number of hydrogen-bond donors (Lipinski definition) is 2. The number of aliphatic carboxylic acids is 1. The van der Waals surface area contributed by atoms with Crippen molar-refractivity contribution >= 4 is 11.9 Å². The number of hydrogen-bond acceptors (Lipinski definition) is 3. The molecule has 1 unspecified atom stereocenters. The molecule has 0 saturated carbocycles. The van der Waals surface area contributed by atoms with Crippen LogP contribution in [-0.4, -0.2) is 27.6 Å². The van der Waals surface area contributed by atoms with Crippen molar-refractivity contribution in [2.45, 2.75) is 19.4 Å². The number of carboxylic acid groups (broad SMARTS) is 1. The molecular weight excluding hydrogens is 224 g/mol. The summed E-state index contributed by atoms with van der Waals surface area (Å²) in [7, 11) is 1.52. The first-order valence-corrected chi connectivity index (χ1v) is 5.16. The van der Waals surface area contributed by atoms with Crippen molar-refractivity contribution in [1.29, 1.82) is 0 Å². The molecule has 1 aromatic rings. The van der Waals surface area contributed by atoms with Gasteiger partial charge in [0.1, 0.15) is 11.6 Å². The van der Waals surface area contributed by atoms with E-state index in [0.717, 1.165) is 0 Å². The number of carboxylic acids is 1. The monoisotopic (exact) mass is 238 g/mol. The summed E-state index contributed by atoms with van der Waals surface area (Å²) in [6, 6.07) is 1.94. The van der Waals surface area contributed by atoms with E-state index in [0.29, 0.717) is 0 Å². The Morgan fingerprint density at radius 3 is 2.71 bits per heavy atom. The van der Waals surface area contributed by atoms with Crippen molar-refractivity contribution in [2.24, 2.45) is 7.05 Å². The summed E-state index contributed by atoms with van der Waals surface area (Å²) in [6.07, 6.45) is 1.78. The number of pyridine rings is 1. The van der Waals surface area contributed by atoms with Gasteiger partial charge in [0, 0.05) is 13.2 Å². The van der Waals surface area contributed by atoms with Gasteiger partial charge in [-0.25, -0.2) is 4.79 Å². The predicted molar refractivity (Wildman–Crippen MR) is 60.9 cm³/mol. The van der Waals surface area contributed by atoms with Crippen LogP contribution in [-0.2, 0) is 11.8 Å². The first kappa shape index (κ1) is 13.0. The van der Waals surface area contributed by atoms with Crippen molar-refractivity contribution in [3.63, 3.8) is 0 Å². The highest BCUT2D eigenvalue weighted by atomic mass is 16.4. The van der Waals surface area contributed by atoms with Gasteiger partial charge in [0.15, 0.2) is 0 Å². The topological polar surface area (TPSA) is 88.4 Å². The van der Waals surface area contributed by atoms with Gasteiger partial charge < -0.3 is 15.0 Å². The van der Waals surface area contributed by atoms with E-state index in [9.17, 15) is 14.4 Å². The Kier molecular flexibility index (Phi) is 4.03. The van der Waals surface area contributed by atoms with E-state index in [1.807, 2.05) is 0 Å². The standard InChI is InChI=1S/C11H14N2O4/c1-3-8(11(16)17)12-9(14)7-5-4-6-13(2)10(7)15/h4-6,8H,3H2,1-2H3,(H,12,14)(H,16,17). The fourth-order valence-corrected chi connectivity index (χ4v) is 1.34. The van der Waals surface area contributed by atoms with Crippen molar-refractivity contribution < 1.29 is 14.7 Å². The molecule has 0 aliphatic heterocycles. The molecule has 17 heavy (non-hydrogen) atoms. The van der Waals surface area contributed by atoms with Crippen LogP contribution in [0.1, 0.15) is 23.7 Å². The van der Waals surface area contributed by atoms with E-state index in [4.69, 9.17) is 5.11 Å². The number of carbonyl (C=O) groups excluding carboxylic acids is 1. The van der Waals surface area contributed by atoms with Crippen LogP contribution in [0.25, 0.3) is 0 Å². The molecule has 0 bridgehead atoms. The molecule has 1 aromatic heterocycles. The Balaban J connectivity index is 2.94. The third-order valence-electron chi connectivity index (χ3n) is 2.38. The number of nitrogens with one attached hydrogen (secondary N) is 1. The summed E-state index contributed by atoms with van der Waals surface area (Å²) >= 11 is 0. The largest absolute Gasteiger partial charge is 0.480 e. The average Bonchev–Trinajstić information content (AvgIpc) is 2.28. The first-order valence-electron chi connectivity index (χ1n) is 5.16. The molecule has 0 aliphatic rings. The molecule has 92 valence electrons. The fourth-order valence-electron chi connectivity index (χ4n) is 1.34. The first-order chi connectivity index (χ1) is 7.97. The third kappa shape index (κ3) is 2.93. The van der Waals surface area contributed by atoms with E-state index in [1.165, 1.54) is 23.9 Å². The number of nitrogens with zero attached hydrogens (tertiary/aromatic N) is 1. The second-order valence-electron chi connectivity index (χ2n) is 3.61. The Hall–Kier alpha value is -2.11. The Morgan fingerprint density at radius 1 is 1.53 bits per heavy atom. The van der Waals surface area contributed by atoms with Crippen LogP contribution in [0.5, 0.6) is 0 Å². The number of carbonyl (C=O) groups is 2. The maximum Gasteiger partial charge on any atom is 0.326 e. The van der Waals surface area contributed by atoms with E-state index < -0.39 is 23.5 Å². The molecule has 0 radical (unpaired) electrons. The van der Waals surface area contributed by atoms with Gasteiger partial charge in [-0.15, -0.1) is 0 Å². The molecule has 1 amide bonds. The SMILES string of the molecule is CCC(NC(=O)c1cccn(C)c1=O)C(=O)O. The van der Waals surface area contributed by atoms with E-state index >= 15 is 0 Å². The van der Waals surface area contributed by atoms with Crippen LogP contribution in [0.3, 0.4) is 0 Å². The highest BCUT2D eigenvalue weighted by Crippen LogP contribution is 1.96. The minimum Gasteiger partial charge on any atom is -0.480 e. The van der Waals surface area contributed by atoms with Crippen LogP contribution < -0.4 is 10.9 Å². The number of aromatic nitrogens is 1. The molecule has 2 N–H and O–H groups in total. The van der Waals surface area contributed by atoms with Gasteiger partial charge in [-0.3, -0.25) is 9.59 Å². The Bertz CT molecular complexity index is 492. The normalized spacial score (nSPS) is 11.9. The predicted octanol–water partition coefficient (Wildman–Crippen LogP) is -0.0217. The molecule has 1 rings (SSSR count). The lowest BCUT2D eigenvalue weighted by Gasteiger charge is -2.12. The van der Waals surface area contributed by atoms with Crippen molar-refractivity contribution in [1.82, 2.24) is 9.88 Å². The lowest BCUT2D eigenvalue weighted by molar-refractivity contribution is -0.139. The van der Waals surface area contributed by atoms with E-state index in [2.05, 4.69) is 5.32 Å². The molecular formula is C11H14N2O4. The molecule has 1 atom stereocenters. The summed E-state index contributed by atoms with van der Waals surface area (Å²) in [5.74, 6) is -1.78. The maximum absolute atomic E-state index is 11.7. The van der Waals surface area contributed by atoms with Crippen molar-refractivity contribution in [3.8, 4) is 0 Å². The van der Waals surface area contributed by atoms with Gasteiger partial charge in [-0.2, -0.15) is 0 Å². The Labute approximate surface area is 97.9 Å². The number of amides is 1. The van der Waals surface area contributed by atoms with E-state index in [-0.39, 0.29) is 12.0 Å². The minimum atomic E-state index is -1.12. The van der Waals surface area contributed by atoms with Crippen LogP contribution >= 0.6 is 0 Å². The Morgan fingerprint density at radius 2 is 2.18 bits per heavy atom. The molecule has 1 heterocycles. The summed E-state index contributed by atoms with van der Waals surface area (Å²) < 4.78 is 1.26. The lowest BCUT2D eigenvalue weighted by atomic mass is 10.2. The fraction of sp³-hybridized carbons (Fsp3) is 0.364. The molecule has 0 aliphatic carbocycles. The third-order valence-corrected chi connectivity index (χ3v) is 2.38. The van der Waals surface area contributed by atoms with Crippen LogP contribution in [0.15, 0.2) is 23.1 Å². The molecule has 0 fully saturated rings.